The molecule has 0 aromatic carbocycles. The number of hydrogen-bond donors (Lipinski definition) is 4. The first kappa shape index (κ1) is 55.7. The van der Waals surface area contributed by atoms with Gasteiger partial charge >= 0.3 is 0 Å². The lowest BCUT2D eigenvalue weighted by Gasteiger charge is -2.53. The van der Waals surface area contributed by atoms with Crippen LogP contribution < -0.4 is 0 Å². The van der Waals surface area contributed by atoms with Crippen LogP contribution in [-0.4, -0.2) is 200 Å². The van der Waals surface area contributed by atoms with Crippen LogP contribution in [0.4, 0.5) is 0 Å². The van der Waals surface area contributed by atoms with Gasteiger partial charge in [0.1, 0.15) is 36.3 Å². The minimum Gasteiger partial charge on any atom is -0.394 e. The Kier molecular flexibility index (Phi) is 14.6. The second kappa shape index (κ2) is 20.9. The number of Topliss-reactive ketones (excluding diaryl/α,β-unsaturated/α-hetero) is 1. The Hall–Kier alpha value is -0.840. The van der Waals surface area contributed by atoms with Gasteiger partial charge in [0, 0.05) is 70.6 Å². The third-order valence-electron chi connectivity index (χ3n) is 22.0. The van der Waals surface area contributed by atoms with E-state index in [0.29, 0.717) is 96.3 Å². The highest BCUT2D eigenvalue weighted by molar-refractivity contribution is 14.1. The van der Waals surface area contributed by atoms with E-state index in [1.54, 1.807) is 0 Å². The van der Waals surface area contributed by atoms with E-state index in [2.05, 4.69) is 49.6 Å². The van der Waals surface area contributed by atoms with Gasteiger partial charge < -0.3 is 86.7 Å². The van der Waals surface area contributed by atoms with Crippen molar-refractivity contribution in [2.45, 2.75) is 316 Å². The lowest BCUT2D eigenvalue weighted by molar-refractivity contribution is -0.362. The number of aliphatic hydroxyl groups excluding tert-OH is 2. The van der Waals surface area contributed by atoms with Crippen molar-refractivity contribution in [3.63, 3.8) is 0 Å². The van der Waals surface area contributed by atoms with Gasteiger partial charge in [-0.15, -0.1) is 0 Å². The van der Waals surface area contributed by atoms with E-state index in [-0.39, 0.29) is 151 Å². The van der Waals surface area contributed by atoms with Crippen LogP contribution in [0, 0.1) is 17.8 Å². The molecular weight excluding hydrogens is 1150 g/mol. The van der Waals surface area contributed by atoms with Gasteiger partial charge in [-0.3, -0.25) is 4.79 Å². The summed E-state index contributed by atoms with van der Waals surface area (Å²) in [4.78, 5) is 14.7. The molecule has 15 aliphatic heterocycles. The van der Waals surface area contributed by atoms with Gasteiger partial charge in [0.25, 0.3) is 0 Å². The maximum atomic E-state index is 14.7. The molecule has 10 bridgehead atoms. The standard InChI is InChI=1S/C60H85IO19/c1-27-13-33-5-7-37-28(2)14-35(67-37)9-11-58-26-60(65,66)56(80-58)55-51(61)54(79-58)53-39(73-55)8-6-34(69-53)17-32(63)15-31-16-43-44(70-41(31)18-40(68-33)30(27)4)20-47-49(72-43)23-59(76-47)24-50-38(75-59)10-12-57(78-50)22-29(3)52-48(77-57)21-45-46(74-52)19-42(71-45)36(64)25-62/h27,29,31,33-56,62,64-66H,2,4-26H2,1,3H3/t27-,29+,31-,33+,34-,35+,36+,37+,38+,39+,40-,41+,42+,43+,44+,45-,46-,47-,48+,49-,50+,51+,52+,53+,54-,55-,56?,57+,58-,59-/m1/s1. The predicted octanol–water partition coefficient (Wildman–Crippen LogP) is 5.22. The zero-order valence-electron chi connectivity index (χ0n) is 46.3. The molecule has 19 nitrogen and oxygen atoms in total. The summed E-state index contributed by atoms with van der Waals surface area (Å²) < 4.78 is 95.8. The van der Waals surface area contributed by atoms with Crippen LogP contribution in [-0.2, 0) is 71.1 Å². The number of alkyl halides is 1. The van der Waals surface area contributed by atoms with E-state index in [9.17, 15) is 25.2 Å². The highest BCUT2D eigenvalue weighted by Gasteiger charge is 2.68. The van der Waals surface area contributed by atoms with Crippen molar-refractivity contribution in [1.29, 1.82) is 0 Å². The molecule has 0 amide bonds. The molecule has 80 heavy (non-hydrogen) atoms. The third-order valence-corrected chi connectivity index (χ3v) is 23.4. The Balaban J connectivity index is 0.642. The lowest BCUT2D eigenvalue weighted by atomic mass is 9.78. The molecule has 30 atom stereocenters. The fraction of sp³-hybridized carbons (Fsp3) is 0.917. The van der Waals surface area contributed by atoms with Crippen molar-refractivity contribution in [2.75, 3.05) is 6.61 Å². The van der Waals surface area contributed by atoms with Crippen molar-refractivity contribution in [2.24, 2.45) is 17.8 Å². The SMILES string of the molecule is C=C1C[C@@H]2CC[C@]34CC(O)(O)C(O3)[C@@H]3O[C@H]5CC[C@H](CC(=O)C[C@@H]6C[C@@H]7O[C@@H]8C[C@]9(C[C@@H]%10O[C@@]%11(CC[C@@H]%10O9)C[C@H](C)[C@@H]9O[C@@H]%10C[C@@H]([C@@H](O)CO)O[C@@H]%10C[C@@H]9O%11)O[C@@H]8C[C@@H]7O[C@H]6C[C@H]6O[C@@H](CC[C@@H]1O2)C[C@@H](C)C6=C)O[C@@H]5[C@H](O4)[C@@H]3I. The topological polar surface area (TPSA) is 227 Å². The summed E-state index contributed by atoms with van der Waals surface area (Å²) in [5, 5.41) is 42.9. The molecule has 4 N–H and O–H groups in total. The molecule has 15 fully saturated rings. The molecule has 15 saturated heterocycles. The van der Waals surface area contributed by atoms with E-state index >= 15 is 0 Å². The van der Waals surface area contributed by atoms with Crippen LogP contribution in [0.5, 0.6) is 0 Å². The minimum atomic E-state index is -2.13. The molecule has 15 heterocycles. The highest BCUT2D eigenvalue weighted by atomic mass is 127. The van der Waals surface area contributed by atoms with Crippen molar-refractivity contribution in [3.8, 4) is 0 Å². The van der Waals surface area contributed by atoms with Crippen LogP contribution in [0.2, 0.25) is 0 Å². The fourth-order valence-corrected chi connectivity index (χ4v) is 19.2. The average Bonchev–Trinajstić information content (AvgIpc) is 3.74. The van der Waals surface area contributed by atoms with E-state index in [0.717, 1.165) is 36.8 Å². The fourth-order valence-electron chi connectivity index (χ4n) is 18.1. The largest absolute Gasteiger partial charge is 0.394 e. The zero-order chi connectivity index (χ0) is 54.8. The van der Waals surface area contributed by atoms with Gasteiger partial charge in [0.15, 0.2) is 23.1 Å². The number of carbonyl (C=O) groups excluding carboxylic acids is 1. The van der Waals surface area contributed by atoms with Crippen LogP contribution in [0.25, 0.3) is 0 Å². The molecule has 0 aromatic heterocycles. The maximum Gasteiger partial charge on any atom is 0.197 e. The van der Waals surface area contributed by atoms with Gasteiger partial charge in [0.05, 0.1) is 127 Å². The first-order valence-electron chi connectivity index (χ1n) is 30.9. The van der Waals surface area contributed by atoms with Gasteiger partial charge in [-0.1, -0.05) is 49.6 Å². The third kappa shape index (κ3) is 9.94. The van der Waals surface area contributed by atoms with Crippen LogP contribution in [0.3, 0.4) is 0 Å². The normalized spacial score (nSPS) is 56.5. The Bertz CT molecular complexity index is 2380. The number of ketones is 1. The summed E-state index contributed by atoms with van der Waals surface area (Å²) in [5.41, 5.74) is 2.12. The van der Waals surface area contributed by atoms with Crippen molar-refractivity contribution < 1.29 is 91.5 Å². The minimum absolute atomic E-state index is 0.0178. The van der Waals surface area contributed by atoms with E-state index < -0.39 is 59.8 Å². The molecule has 3 spiro atoms. The zero-order valence-corrected chi connectivity index (χ0v) is 48.5. The number of ether oxygens (including phenoxy) is 14. The molecule has 15 rings (SSSR count). The lowest BCUT2D eigenvalue weighted by Crippen LogP contribution is -2.65. The Morgan fingerprint density at radius 1 is 0.550 bits per heavy atom. The summed E-state index contributed by atoms with van der Waals surface area (Å²) in [6.07, 6.45) is 4.83. The number of hydrogen-bond acceptors (Lipinski definition) is 19. The predicted molar refractivity (Wildman–Crippen MR) is 287 cm³/mol. The molecule has 1 unspecified atom stereocenters. The summed E-state index contributed by atoms with van der Waals surface area (Å²) in [6, 6.07) is 0. The summed E-state index contributed by atoms with van der Waals surface area (Å²) >= 11 is 2.31. The highest BCUT2D eigenvalue weighted by Crippen LogP contribution is 2.57. The average molecular weight is 1240 g/mol. The summed E-state index contributed by atoms with van der Waals surface area (Å²) in [7, 11) is 0. The second-order valence-corrected chi connectivity index (χ2v) is 29.1. The Morgan fingerprint density at radius 2 is 1.25 bits per heavy atom. The monoisotopic (exact) mass is 1240 g/mol. The molecule has 0 aromatic rings. The van der Waals surface area contributed by atoms with Crippen molar-refractivity contribution in [3.05, 3.63) is 24.3 Å². The summed E-state index contributed by atoms with van der Waals surface area (Å²) in [5.74, 6) is -4.67. The smallest absolute Gasteiger partial charge is 0.197 e. The molecule has 0 radical (unpaired) electrons. The van der Waals surface area contributed by atoms with Crippen molar-refractivity contribution in [1.82, 2.24) is 0 Å². The first-order valence-corrected chi connectivity index (χ1v) is 32.2. The number of halogens is 1. The number of fused-ring (bicyclic) bond motifs is 14. The molecule has 15 aliphatic rings. The van der Waals surface area contributed by atoms with Gasteiger partial charge in [-0.05, 0) is 86.7 Å². The number of rotatable bonds is 2. The maximum absolute atomic E-state index is 14.7. The van der Waals surface area contributed by atoms with Crippen molar-refractivity contribution >= 4 is 28.4 Å². The number of carbonyl (C=O) groups is 1. The van der Waals surface area contributed by atoms with E-state index in [4.69, 9.17) is 66.3 Å². The van der Waals surface area contributed by atoms with Gasteiger partial charge in [-0.25, -0.2) is 0 Å². The Labute approximate surface area is 482 Å². The molecule has 446 valence electrons. The van der Waals surface area contributed by atoms with Gasteiger partial charge in [-0.2, -0.15) is 0 Å². The van der Waals surface area contributed by atoms with E-state index in [1.165, 1.54) is 0 Å². The number of aliphatic hydroxyl groups is 4. The first-order chi connectivity index (χ1) is 38.4. The van der Waals surface area contributed by atoms with Gasteiger partial charge in [0.2, 0.25) is 0 Å². The second-order valence-electron chi connectivity index (χ2n) is 27.6. The Morgan fingerprint density at radius 3 is 2.11 bits per heavy atom. The quantitative estimate of drug-likeness (QED) is 0.120. The molecule has 0 aliphatic carbocycles. The molecule has 0 saturated carbocycles. The van der Waals surface area contributed by atoms with Crippen LogP contribution in [0.15, 0.2) is 24.3 Å². The van der Waals surface area contributed by atoms with Crippen LogP contribution >= 0.6 is 22.6 Å². The molecule has 20 heteroatoms. The molecular formula is C60H85IO19. The van der Waals surface area contributed by atoms with Crippen LogP contribution in [0.1, 0.15) is 149 Å². The van der Waals surface area contributed by atoms with E-state index in [1.807, 2.05) is 0 Å². The summed E-state index contributed by atoms with van der Waals surface area (Å²) in [6.45, 7) is 13.2.